The van der Waals surface area contributed by atoms with E-state index >= 15 is 0 Å². The second-order valence-corrected chi connectivity index (χ2v) is 6.85. The molecule has 2 aromatic heterocycles. The number of nitrogens with two attached hydrogens (primary N) is 1. The highest BCUT2D eigenvalue weighted by Crippen LogP contribution is 2.46. The molecule has 0 unspecified atom stereocenters. The Morgan fingerprint density at radius 1 is 1.19 bits per heavy atom. The molecule has 0 saturated heterocycles. The summed E-state index contributed by atoms with van der Waals surface area (Å²) in [4.78, 5) is 4.51. The van der Waals surface area contributed by atoms with Crippen LogP contribution in [0.25, 0.3) is 0 Å². The molecule has 4 rings (SSSR count). The van der Waals surface area contributed by atoms with E-state index in [2.05, 4.69) is 31.9 Å². The van der Waals surface area contributed by atoms with Crippen LogP contribution in [0.1, 0.15) is 49.0 Å². The van der Waals surface area contributed by atoms with Crippen molar-refractivity contribution in [2.75, 3.05) is 6.54 Å². The number of hydrogen-bond acceptors (Lipinski definition) is 5. The van der Waals surface area contributed by atoms with Crippen molar-refractivity contribution in [3.05, 3.63) is 29.7 Å². The van der Waals surface area contributed by atoms with E-state index in [1.807, 2.05) is 6.20 Å². The van der Waals surface area contributed by atoms with Gasteiger partial charge >= 0.3 is 0 Å². The normalized spacial score (nSPS) is 18.1. The van der Waals surface area contributed by atoms with Crippen LogP contribution in [-0.2, 0) is 6.42 Å². The molecule has 0 spiro atoms. The Labute approximate surface area is 128 Å². The van der Waals surface area contributed by atoms with E-state index in [9.17, 15) is 0 Å². The van der Waals surface area contributed by atoms with Crippen LogP contribution < -0.4 is 5.73 Å². The molecule has 110 valence electrons. The third-order valence-corrected chi connectivity index (χ3v) is 4.88. The minimum atomic E-state index is 0.620. The lowest BCUT2D eigenvalue weighted by Crippen LogP contribution is -2.03. The van der Waals surface area contributed by atoms with E-state index in [-0.39, 0.29) is 0 Å². The van der Waals surface area contributed by atoms with E-state index in [0.29, 0.717) is 18.5 Å². The lowest BCUT2D eigenvalue weighted by atomic mass is 10.2. The van der Waals surface area contributed by atoms with Crippen LogP contribution in [0.3, 0.4) is 0 Å². The molecule has 2 fully saturated rings. The summed E-state index contributed by atoms with van der Waals surface area (Å²) in [6.45, 7) is 0.662. The summed E-state index contributed by atoms with van der Waals surface area (Å²) in [5.41, 5.74) is 6.75. The first kappa shape index (κ1) is 13.3. The molecule has 2 aliphatic rings. The zero-order valence-corrected chi connectivity index (χ0v) is 12.7. The largest absolute Gasteiger partial charge is 0.330 e. The molecule has 0 atom stereocenters. The Kier molecular flexibility index (Phi) is 3.43. The fraction of sp³-hybridized carbons (Fsp3) is 0.533. The maximum absolute atomic E-state index is 5.56. The van der Waals surface area contributed by atoms with Crippen molar-refractivity contribution in [3.63, 3.8) is 0 Å². The maximum Gasteiger partial charge on any atom is 0.197 e. The van der Waals surface area contributed by atoms with E-state index in [4.69, 9.17) is 5.73 Å². The van der Waals surface area contributed by atoms with Gasteiger partial charge in [0, 0.05) is 18.2 Å². The van der Waals surface area contributed by atoms with Gasteiger partial charge in [-0.05, 0) is 62.0 Å². The Balaban J connectivity index is 1.56. The van der Waals surface area contributed by atoms with Gasteiger partial charge in [0.15, 0.2) is 5.16 Å². The minimum absolute atomic E-state index is 0.620. The molecular formula is C15H19N5S. The summed E-state index contributed by atoms with van der Waals surface area (Å²) in [5.74, 6) is 1.84. The van der Waals surface area contributed by atoms with Crippen LogP contribution in [0.5, 0.6) is 0 Å². The molecule has 0 aromatic carbocycles. The SMILES string of the molecule is NCCc1ccc(Sc2nnc(C3CC3)n2C2CC2)nc1. The molecule has 2 N–H and O–H groups in total. The van der Waals surface area contributed by atoms with Crippen LogP contribution >= 0.6 is 11.8 Å². The highest BCUT2D eigenvalue weighted by Gasteiger charge is 2.36. The molecule has 2 aliphatic carbocycles. The van der Waals surface area contributed by atoms with Crippen LogP contribution in [0.4, 0.5) is 0 Å². The highest BCUT2D eigenvalue weighted by molar-refractivity contribution is 7.99. The lowest BCUT2D eigenvalue weighted by Gasteiger charge is -2.07. The minimum Gasteiger partial charge on any atom is -0.330 e. The summed E-state index contributed by atoms with van der Waals surface area (Å²) < 4.78 is 2.36. The topological polar surface area (TPSA) is 69.6 Å². The summed E-state index contributed by atoms with van der Waals surface area (Å²) in [6, 6.07) is 4.77. The average molecular weight is 301 g/mol. The van der Waals surface area contributed by atoms with Gasteiger partial charge in [0.05, 0.1) is 0 Å². The van der Waals surface area contributed by atoms with Crippen LogP contribution in [0.2, 0.25) is 0 Å². The molecule has 2 heterocycles. The molecule has 6 heteroatoms. The van der Waals surface area contributed by atoms with Gasteiger partial charge in [-0.25, -0.2) is 4.98 Å². The van der Waals surface area contributed by atoms with Gasteiger partial charge in [-0.15, -0.1) is 10.2 Å². The van der Waals surface area contributed by atoms with Gasteiger partial charge < -0.3 is 10.3 Å². The number of rotatable bonds is 6. The molecule has 0 aliphatic heterocycles. The zero-order chi connectivity index (χ0) is 14.2. The van der Waals surface area contributed by atoms with Crippen molar-refractivity contribution in [1.82, 2.24) is 19.7 Å². The quantitative estimate of drug-likeness (QED) is 0.888. The first-order chi connectivity index (χ1) is 10.3. The third kappa shape index (κ3) is 2.82. The molecule has 21 heavy (non-hydrogen) atoms. The number of pyridine rings is 1. The van der Waals surface area contributed by atoms with Gasteiger partial charge in [-0.1, -0.05) is 6.07 Å². The Morgan fingerprint density at radius 3 is 2.67 bits per heavy atom. The number of aromatic nitrogens is 4. The Bertz CT molecular complexity index is 628. The first-order valence-corrected chi connectivity index (χ1v) is 8.44. The fourth-order valence-corrected chi connectivity index (χ4v) is 3.38. The van der Waals surface area contributed by atoms with Crippen molar-refractivity contribution < 1.29 is 0 Å². The number of nitrogens with zero attached hydrogens (tertiary/aromatic N) is 4. The first-order valence-electron chi connectivity index (χ1n) is 7.63. The van der Waals surface area contributed by atoms with Crippen molar-refractivity contribution in [2.24, 2.45) is 5.73 Å². The molecule has 2 saturated carbocycles. The summed E-state index contributed by atoms with van der Waals surface area (Å²) in [7, 11) is 0. The standard InChI is InChI=1S/C15H19N5S/c16-8-7-10-1-6-13(17-9-10)21-15-19-18-14(11-2-3-11)20(15)12-4-5-12/h1,6,9,11-12H,2-5,7-8,16H2. The van der Waals surface area contributed by atoms with Crippen molar-refractivity contribution >= 4 is 11.8 Å². The van der Waals surface area contributed by atoms with Gasteiger partial charge in [0.1, 0.15) is 10.9 Å². The number of hydrogen-bond donors (Lipinski definition) is 1. The monoisotopic (exact) mass is 301 g/mol. The Hall–Kier alpha value is -1.40. The second kappa shape index (κ2) is 5.42. The highest BCUT2D eigenvalue weighted by atomic mass is 32.2. The van der Waals surface area contributed by atoms with E-state index < -0.39 is 0 Å². The summed E-state index contributed by atoms with van der Waals surface area (Å²) in [5, 5.41) is 10.8. The average Bonchev–Trinajstić information content (AvgIpc) is 3.41. The van der Waals surface area contributed by atoms with Gasteiger partial charge in [0.25, 0.3) is 0 Å². The molecule has 5 nitrogen and oxygen atoms in total. The molecule has 0 amide bonds. The molecule has 2 aromatic rings. The third-order valence-electron chi connectivity index (χ3n) is 3.97. The van der Waals surface area contributed by atoms with Gasteiger partial charge in [-0.2, -0.15) is 0 Å². The maximum atomic E-state index is 5.56. The summed E-state index contributed by atoms with van der Waals surface area (Å²) >= 11 is 1.62. The van der Waals surface area contributed by atoms with Crippen LogP contribution in [-0.4, -0.2) is 26.3 Å². The molecule has 0 bridgehead atoms. The van der Waals surface area contributed by atoms with Crippen LogP contribution in [0, 0.1) is 0 Å². The van der Waals surface area contributed by atoms with Crippen molar-refractivity contribution in [3.8, 4) is 0 Å². The van der Waals surface area contributed by atoms with E-state index in [0.717, 1.165) is 16.6 Å². The second-order valence-electron chi connectivity index (χ2n) is 5.86. The van der Waals surface area contributed by atoms with Crippen molar-refractivity contribution in [1.29, 1.82) is 0 Å². The van der Waals surface area contributed by atoms with Crippen LogP contribution in [0.15, 0.2) is 28.5 Å². The Morgan fingerprint density at radius 2 is 2.05 bits per heavy atom. The predicted molar refractivity (Wildman–Crippen MR) is 81.4 cm³/mol. The molecular weight excluding hydrogens is 282 g/mol. The predicted octanol–water partition coefficient (Wildman–Crippen LogP) is 2.54. The van der Waals surface area contributed by atoms with E-state index in [1.165, 1.54) is 37.1 Å². The smallest absolute Gasteiger partial charge is 0.197 e. The fourth-order valence-electron chi connectivity index (χ4n) is 2.53. The molecule has 0 radical (unpaired) electrons. The van der Waals surface area contributed by atoms with E-state index in [1.54, 1.807) is 11.8 Å². The van der Waals surface area contributed by atoms with Gasteiger partial charge in [0.2, 0.25) is 0 Å². The van der Waals surface area contributed by atoms with Gasteiger partial charge in [-0.3, -0.25) is 0 Å². The van der Waals surface area contributed by atoms with Crippen molar-refractivity contribution in [2.45, 2.75) is 54.2 Å². The lowest BCUT2D eigenvalue weighted by molar-refractivity contribution is 0.626. The zero-order valence-electron chi connectivity index (χ0n) is 11.9. The summed E-state index contributed by atoms with van der Waals surface area (Å²) in [6.07, 6.45) is 7.84.